The second-order valence-electron chi connectivity index (χ2n) is 3.40. The number of methoxy groups -OCH3 is 1. The van der Waals surface area contributed by atoms with Gasteiger partial charge in [0.1, 0.15) is 5.75 Å². The second-order valence-corrected chi connectivity index (χ2v) is 4.08. The van der Waals surface area contributed by atoms with Crippen LogP contribution < -0.4 is 10.1 Å². The Kier molecular flexibility index (Phi) is 4.17. The summed E-state index contributed by atoms with van der Waals surface area (Å²) in [7, 11) is 1.62. The molecule has 0 fully saturated rings. The van der Waals surface area contributed by atoms with Crippen molar-refractivity contribution in [2.24, 2.45) is 0 Å². The Morgan fingerprint density at radius 1 is 1.17 bits per heavy atom. The van der Waals surface area contributed by atoms with Crippen molar-refractivity contribution in [3.63, 3.8) is 0 Å². The average Bonchev–Trinajstić information content (AvgIpc) is 2.35. The van der Waals surface area contributed by atoms with E-state index in [9.17, 15) is 0 Å². The maximum Gasteiger partial charge on any atom is 0.228 e. The Bertz CT molecular complexity index is 530. The Labute approximate surface area is 114 Å². The van der Waals surface area contributed by atoms with Gasteiger partial charge in [0, 0.05) is 6.54 Å². The second kappa shape index (κ2) is 5.84. The monoisotopic (exact) mass is 284 g/mol. The number of benzene rings is 1. The van der Waals surface area contributed by atoms with Crippen LogP contribution in [0.3, 0.4) is 0 Å². The van der Waals surface area contributed by atoms with Gasteiger partial charge >= 0.3 is 0 Å². The summed E-state index contributed by atoms with van der Waals surface area (Å²) in [6.45, 7) is 0.536. The van der Waals surface area contributed by atoms with Gasteiger partial charge in [-0.05, 0) is 40.9 Å². The van der Waals surface area contributed by atoms with Crippen LogP contribution in [0.4, 0.5) is 5.95 Å². The van der Waals surface area contributed by atoms with E-state index in [1.54, 1.807) is 7.11 Å². The van der Waals surface area contributed by atoms with Crippen molar-refractivity contribution in [1.82, 2.24) is 15.0 Å². The number of rotatable bonds is 4. The first kappa shape index (κ1) is 12.9. The summed E-state index contributed by atoms with van der Waals surface area (Å²) in [5, 5.41) is 3.12. The Morgan fingerprint density at radius 3 is 2.56 bits per heavy atom. The first-order chi connectivity index (χ1) is 8.67. The zero-order chi connectivity index (χ0) is 13.0. The molecule has 5 nitrogen and oxygen atoms in total. The lowest BCUT2D eigenvalue weighted by atomic mass is 10.2. The lowest BCUT2D eigenvalue weighted by Crippen LogP contribution is -2.05. The molecule has 0 radical (unpaired) electrons. The minimum absolute atomic E-state index is 0.0585. The van der Waals surface area contributed by atoms with Crippen LogP contribution in [0.2, 0.25) is 10.6 Å². The van der Waals surface area contributed by atoms with Gasteiger partial charge in [-0.3, -0.25) is 0 Å². The van der Waals surface area contributed by atoms with Crippen LogP contribution in [0, 0.1) is 0 Å². The van der Waals surface area contributed by atoms with E-state index in [1.165, 1.54) is 0 Å². The van der Waals surface area contributed by atoms with Crippen LogP contribution in [-0.2, 0) is 6.54 Å². The third-order valence-corrected chi connectivity index (χ3v) is 2.50. The van der Waals surface area contributed by atoms with E-state index in [1.807, 2.05) is 24.3 Å². The van der Waals surface area contributed by atoms with Crippen LogP contribution in [0.25, 0.3) is 0 Å². The van der Waals surface area contributed by atoms with Gasteiger partial charge in [0.15, 0.2) is 0 Å². The SMILES string of the molecule is COc1cccc(CNc2nc(Cl)nc(Cl)n2)c1. The summed E-state index contributed by atoms with van der Waals surface area (Å²) in [6.07, 6.45) is 0. The van der Waals surface area contributed by atoms with Crippen LogP contribution >= 0.6 is 23.2 Å². The highest BCUT2D eigenvalue weighted by Gasteiger charge is 2.03. The topological polar surface area (TPSA) is 59.9 Å². The number of nitrogens with zero attached hydrogens (tertiary/aromatic N) is 3. The van der Waals surface area contributed by atoms with Gasteiger partial charge in [0.2, 0.25) is 16.5 Å². The van der Waals surface area contributed by atoms with Crippen molar-refractivity contribution in [2.45, 2.75) is 6.54 Å². The van der Waals surface area contributed by atoms with E-state index in [2.05, 4.69) is 20.3 Å². The summed E-state index contributed by atoms with van der Waals surface area (Å²) in [6, 6.07) is 7.65. The largest absolute Gasteiger partial charge is 0.497 e. The molecule has 2 rings (SSSR count). The summed E-state index contributed by atoms with van der Waals surface area (Å²) >= 11 is 11.3. The molecule has 1 aromatic carbocycles. The van der Waals surface area contributed by atoms with Crippen molar-refractivity contribution < 1.29 is 4.74 Å². The molecule has 0 amide bonds. The fourth-order valence-corrected chi connectivity index (χ4v) is 1.73. The minimum atomic E-state index is 0.0585. The maximum absolute atomic E-state index is 5.67. The highest BCUT2D eigenvalue weighted by atomic mass is 35.5. The molecule has 1 aromatic heterocycles. The summed E-state index contributed by atoms with van der Waals surface area (Å²) in [5.41, 5.74) is 1.03. The van der Waals surface area contributed by atoms with E-state index >= 15 is 0 Å². The fraction of sp³-hybridized carbons (Fsp3) is 0.182. The van der Waals surface area contributed by atoms with Crippen molar-refractivity contribution in [1.29, 1.82) is 0 Å². The van der Waals surface area contributed by atoms with Crippen molar-refractivity contribution in [2.75, 3.05) is 12.4 Å². The first-order valence-corrected chi connectivity index (χ1v) is 5.87. The van der Waals surface area contributed by atoms with Crippen LogP contribution in [0.1, 0.15) is 5.56 Å². The molecule has 1 N–H and O–H groups in total. The quantitative estimate of drug-likeness (QED) is 0.936. The molecule has 0 saturated heterocycles. The normalized spacial score (nSPS) is 10.2. The summed E-state index contributed by atoms with van der Waals surface area (Å²) in [4.78, 5) is 11.5. The number of ether oxygens (including phenoxy) is 1. The van der Waals surface area contributed by atoms with Gasteiger partial charge in [0.25, 0.3) is 0 Å². The molecule has 2 aromatic rings. The van der Waals surface area contributed by atoms with Gasteiger partial charge < -0.3 is 10.1 Å². The number of aromatic nitrogens is 3. The molecular formula is C11H10Cl2N4O. The number of anilines is 1. The molecular weight excluding hydrogens is 275 g/mol. The molecule has 0 bridgehead atoms. The third kappa shape index (κ3) is 3.45. The number of hydrogen-bond donors (Lipinski definition) is 1. The molecule has 18 heavy (non-hydrogen) atoms. The molecule has 7 heteroatoms. The zero-order valence-electron chi connectivity index (χ0n) is 9.52. The summed E-state index contributed by atoms with van der Waals surface area (Å²) in [5.74, 6) is 1.13. The number of hydrogen-bond acceptors (Lipinski definition) is 5. The Morgan fingerprint density at radius 2 is 1.89 bits per heavy atom. The molecule has 1 heterocycles. The van der Waals surface area contributed by atoms with Crippen molar-refractivity contribution >= 4 is 29.2 Å². The van der Waals surface area contributed by atoms with Gasteiger partial charge in [-0.1, -0.05) is 12.1 Å². The van der Waals surface area contributed by atoms with Crippen molar-refractivity contribution in [3.05, 3.63) is 40.4 Å². The predicted octanol–water partition coefficient (Wildman–Crippen LogP) is 2.80. The molecule has 0 saturated carbocycles. The zero-order valence-corrected chi connectivity index (χ0v) is 11.0. The lowest BCUT2D eigenvalue weighted by molar-refractivity contribution is 0.414. The molecule has 0 atom stereocenters. The van der Waals surface area contributed by atoms with Crippen LogP contribution in [0.15, 0.2) is 24.3 Å². The minimum Gasteiger partial charge on any atom is -0.497 e. The summed E-state index contributed by atoms with van der Waals surface area (Å²) < 4.78 is 5.13. The van der Waals surface area contributed by atoms with Gasteiger partial charge in [0.05, 0.1) is 7.11 Å². The van der Waals surface area contributed by atoms with E-state index in [4.69, 9.17) is 27.9 Å². The van der Waals surface area contributed by atoms with Crippen LogP contribution in [0.5, 0.6) is 5.75 Å². The average molecular weight is 285 g/mol. The highest BCUT2D eigenvalue weighted by Crippen LogP contribution is 2.14. The lowest BCUT2D eigenvalue weighted by Gasteiger charge is -2.06. The molecule has 94 valence electrons. The predicted molar refractivity (Wildman–Crippen MR) is 70.2 cm³/mol. The van der Waals surface area contributed by atoms with Gasteiger partial charge in [-0.25, -0.2) is 0 Å². The molecule has 0 aliphatic carbocycles. The molecule has 0 spiro atoms. The van der Waals surface area contributed by atoms with E-state index in [0.29, 0.717) is 12.5 Å². The molecule has 0 aliphatic rings. The van der Waals surface area contributed by atoms with Crippen LogP contribution in [-0.4, -0.2) is 22.1 Å². The van der Waals surface area contributed by atoms with Gasteiger partial charge in [-0.15, -0.1) is 0 Å². The van der Waals surface area contributed by atoms with E-state index in [-0.39, 0.29) is 10.6 Å². The van der Waals surface area contributed by atoms with E-state index in [0.717, 1.165) is 11.3 Å². The fourth-order valence-electron chi connectivity index (χ4n) is 1.37. The highest BCUT2D eigenvalue weighted by molar-refractivity contribution is 6.31. The number of halogens is 2. The Hall–Kier alpha value is -1.59. The molecule has 0 aliphatic heterocycles. The standard InChI is InChI=1S/C11H10Cl2N4O/c1-18-8-4-2-3-7(5-8)6-14-11-16-9(12)15-10(13)17-11/h2-5H,6H2,1H3,(H,14,15,16,17). The van der Waals surface area contributed by atoms with Gasteiger partial charge in [-0.2, -0.15) is 15.0 Å². The third-order valence-electron chi connectivity index (χ3n) is 2.17. The first-order valence-electron chi connectivity index (χ1n) is 5.11. The van der Waals surface area contributed by atoms with E-state index < -0.39 is 0 Å². The molecule has 0 unspecified atom stereocenters. The number of nitrogens with one attached hydrogen (secondary N) is 1. The van der Waals surface area contributed by atoms with Crippen molar-refractivity contribution in [3.8, 4) is 5.75 Å². The Balaban J connectivity index is 2.06. The smallest absolute Gasteiger partial charge is 0.228 e. The maximum atomic E-state index is 5.67.